The summed E-state index contributed by atoms with van der Waals surface area (Å²) in [6.07, 6.45) is 35.7. The zero-order chi connectivity index (χ0) is 30.7. The molecule has 3 atom stereocenters. The Morgan fingerprint density at radius 1 is 0.425 bits per heavy atom. The summed E-state index contributed by atoms with van der Waals surface area (Å²) in [5.41, 5.74) is 0. The molecule has 0 spiro atoms. The van der Waals surface area contributed by atoms with Crippen LogP contribution in [0.15, 0.2) is 0 Å². The maximum Gasteiger partial charge on any atom is 0.673 e. The van der Waals surface area contributed by atoms with Crippen molar-refractivity contribution in [3.05, 3.63) is 0 Å². The van der Waals surface area contributed by atoms with Crippen molar-refractivity contribution in [3.8, 4) is 0 Å². The molecule has 0 heterocycles. The van der Waals surface area contributed by atoms with Gasteiger partial charge >= 0.3 is 7.25 Å². The SMILES string of the molecule is CCCCCCCCCC[P+](CC(CC)CCCC)(CC(CC)CCCC)CC(CC)CCCC.F[B-](F)(F)F. The number of unbranched alkanes of at least 4 members (excludes halogenated alkanes) is 10. The predicted molar refractivity (Wildman–Crippen MR) is 179 cm³/mol. The van der Waals surface area contributed by atoms with Gasteiger partial charge in [0, 0.05) is 7.26 Å². The molecule has 244 valence electrons. The molecule has 0 saturated heterocycles. The van der Waals surface area contributed by atoms with E-state index in [1.165, 1.54) is 122 Å². The van der Waals surface area contributed by atoms with Gasteiger partial charge in [0.25, 0.3) is 0 Å². The molecular formula is C34H72BF4P. The fourth-order valence-corrected chi connectivity index (χ4v) is 13.0. The second kappa shape index (κ2) is 28.0. The molecule has 0 saturated carbocycles. The molecule has 0 aromatic heterocycles. The van der Waals surface area contributed by atoms with Gasteiger partial charge in [0.1, 0.15) is 0 Å². The second-order valence-electron chi connectivity index (χ2n) is 12.8. The topological polar surface area (TPSA) is 0 Å². The van der Waals surface area contributed by atoms with Crippen molar-refractivity contribution < 1.29 is 17.3 Å². The first kappa shape index (κ1) is 42.3. The Kier molecular flexibility index (Phi) is 29.7. The van der Waals surface area contributed by atoms with E-state index in [-0.39, 0.29) is 0 Å². The molecule has 0 aromatic carbocycles. The van der Waals surface area contributed by atoms with Crippen LogP contribution in [-0.2, 0) is 0 Å². The van der Waals surface area contributed by atoms with Gasteiger partial charge in [-0.05, 0) is 69.1 Å². The van der Waals surface area contributed by atoms with Gasteiger partial charge in [0.15, 0.2) is 0 Å². The first-order chi connectivity index (χ1) is 19.0. The van der Waals surface area contributed by atoms with Crippen molar-refractivity contribution in [2.24, 2.45) is 17.8 Å². The molecule has 0 N–H and O–H groups in total. The highest BCUT2D eigenvalue weighted by atomic mass is 31.2. The van der Waals surface area contributed by atoms with Crippen molar-refractivity contribution in [1.29, 1.82) is 0 Å². The molecule has 0 aliphatic carbocycles. The Balaban J connectivity index is 0. The lowest BCUT2D eigenvalue weighted by molar-refractivity contribution is 0.368. The largest absolute Gasteiger partial charge is 0.673 e. The van der Waals surface area contributed by atoms with Gasteiger partial charge in [-0.3, -0.25) is 0 Å². The van der Waals surface area contributed by atoms with Crippen LogP contribution in [0.1, 0.15) is 177 Å². The summed E-state index contributed by atoms with van der Waals surface area (Å²) in [5.74, 6) is 3.01. The summed E-state index contributed by atoms with van der Waals surface area (Å²) in [6, 6.07) is 0. The van der Waals surface area contributed by atoms with Crippen LogP contribution in [0.4, 0.5) is 17.3 Å². The number of hydrogen-bond donors (Lipinski definition) is 0. The monoisotopic (exact) mass is 599 g/mol. The van der Waals surface area contributed by atoms with Crippen molar-refractivity contribution >= 4 is 14.5 Å². The van der Waals surface area contributed by atoms with E-state index in [2.05, 4.69) is 48.5 Å². The third-order valence-corrected chi connectivity index (χ3v) is 14.2. The van der Waals surface area contributed by atoms with Crippen LogP contribution < -0.4 is 0 Å². The van der Waals surface area contributed by atoms with Gasteiger partial charge in [-0.15, -0.1) is 0 Å². The quantitative estimate of drug-likeness (QED) is 0.0382. The highest BCUT2D eigenvalue weighted by Crippen LogP contribution is 2.64. The molecule has 3 unspecified atom stereocenters. The number of hydrogen-bond acceptors (Lipinski definition) is 0. The average molecular weight is 599 g/mol. The van der Waals surface area contributed by atoms with E-state index in [0.29, 0.717) is 0 Å². The van der Waals surface area contributed by atoms with Crippen LogP contribution in [0.2, 0.25) is 0 Å². The van der Waals surface area contributed by atoms with Gasteiger partial charge in [0.2, 0.25) is 0 Å². The van der Waals surface area contributed by atoms with Crippen molar-refractivity contribution in [2.75, 3.05) is 24.6 Å². The standard InChI is InChI=1S/C34H72P.BF4/c1-8-15-19-20-21-22-23-24-28-35(29-32(12-5)25-16-9-2,30-33(13-6)26-17-10-3)31-34(14-7)27-18-11-4;2-1(3,4)5/h32-34H,8-31H2,1-7H3;/q+1;-1. The molecule has 0 nitrogen and oxygen atoms in total. The normalized spacial score (nSPS) is 15.7. The minimum atomic E-state index is -6.00. The van der Waals surface area contributed by atoms with Crippen LogP contribution in [0, 0.1) is 17.8 Å². The van der Waals surface area contributed by atoms with E-state index in [1.54, 1.807) is 31.1 Å². The van der Waals surface area contributed by atoms with Gasteiger partial charge < -0.3 is 17.3 Å². The fourth-order valence-electron chi connectivity index (χ4n) is 6.47. The zero-order valence-corrected chi connectivity index (χ0v) is 29.1. The molecule has 0 aliphatic heterocycles. The van der Waals surface area contributed by atoms with E-state index in [4.69, 9.17) is 0 Å². The summed E-state index contributed by atoms with van der Waals surface area (Å²) in [4.78, 5) is 0. The summed E-state index contributed by atoms with van der Waals surface area (Å²) >= 11 is 0. The second-order valence-corrected chi connectivity index (χ2v) is 17.1. The van der Waals surface area contributed by atoms with Crippen molar-refractivity contribution in [2.45, 2.75) is 177 Å². The Hall–Kier alpha value is 0.215. The van der Waals surface area contributed by atoms with Crippen LogP contribution >= 0.6 is 7.26 Å². The smallest absolute Gasteiger partial charge is 0.418 e. The zero-order valence-electron chi connectivity index (χ0n) is 28.2. The average Bonchev–Trinajstić information content (AvgIpc) is 2.91. The molecule has 0 amide bonds. The third-order valence-electron chi connectivity index (χ3n) is 9.05. The Morgan fingerprint density at radius 2 is 0.700 bits per heavy atom. The van der Waals surface area contributed by atoms with E-state index in [9.17, 15) is 17.3 Å². The highest BCUT2D eigenvalue weighted by Gasteiger charge is 2.42. The lowest BCUT2D eigenvalue weighted by Gasteiger charge is -2.36. The van der Waals surface area contributed by atoms with E-state index >= 15 is 0 Å². The highest BCUT2D eigenvalue weighted by molar-refractivity contribution is 7.75. The van der Waals surface area contributed by atoms with Crippen LogP contribution in [-0.4, -0.2) is 31.9 Å². The van der Waals surface area contributed by atoms with E-state index < -0.39 is 14.5 Å². The molecular weight excluding hydrogens is 526 g/mol. The Bertz CT molecular complexity index is 463. The Labute approximate surface area is 250 Å². The van der Waals surface area contributed by atoms with Crippen LogP contribution in [0.25, 0.3) is 0 Å². The predicted octanol–water partition coefficient (Wildman–Crippen LogP) is 14.1. The Morgan fingerprint density at radius 3 is 0.975 bits per heavy atom. The lowest BCUT2D eigenvalue weighted by atomic mass is 10.0. The third kappa shape index (κ3) is 27.1. The molecule has 0 aromatic rings. The maximum atomic E-state index is 9.75. The lowest BCUT2D eigenvalue weighted by Crippen LogP contribution is -2.25. The van der Waals surface area contributed by atoms with Gasteiger partial charge in [-0.25, -0.2) is 0 Å². The summed E-state index contributed by atoms with van der Waals surface area (Å²) < 4.78 is 39.0. The minimum absolute atomic E-state index is 0.901. The molecule has 0 bridgehead atoms. The van der Waals surface area contributed by atoms with E-state index in [0.717, 1.165) is 17.8 Å². The van der Waals surface area contributed by atoms with Crippen molar-refractivity contribution in [3.63, 3.8) is 0 Å². The molecule has 40 heavy (non-hydrogen) atoms. The van der Waals surface area contributed by atoms with Gasteiger partial charge in [-0.1, -0.05) is 126 Å². The first-order valence-corrected chi connectivity index (χ1v) is 20.3. The van der Waals surface area contributed by atoms with Gasteiger partial charge in [0.05, 0.1) is 24.6 Å². The van der Waals surface area contributed by atoms with E-state index in [1.807, 2.05) is 0 Å². The van der Waals surface area contributed by atoms with Gasteiger partial charge in [-0.2, -0.15) is 0 Å². The summed E-state index contributed by atoms with van der Waals surface area (Å²) in [7, 11) is -6.90. The van der Waals surface area contributed by atoms with Crippen LogP contribution in [0.3, 0.4) is 0 Å². The minimum Gasteiger partial charge on any atom is -0.418 e. The summed E-state index contributed by atoms with van der Waals surface area (Å²) in [5, 5.41) is 0. The molecule has 6 heteroatoms. The molecule has 0 fully saturated rings. The molecule has 0 rings (SSSR count). The van der Waals surface area contributed by atoms with Crippen LogP contribution in [0.5, 0.6) is 0 Å². The molecule has 0 radical (unpaired) electrons. The first-order valence-electron chi connectivity index (χ1n) is 17.8. The number of halogens is 4. The van der Waals surface area contributed by atoms with Crippen molar-refractivity contribution in [1.82, 2.24) is 0 Å². The molecule has 0 aliphatic rings. The fraction of sp³-hybridized carbons (Fsp3) is 1.00. The summed E-state index contributed by atoms with van der Waals surface area (Å²) in [6.45, 7) is 17.0. The number of rotatable bonds is 27. The maximum absolute atomic E-state index is 9.75.